The van der Waals surface area contributed by atoms with E-state index in [-0.39, 0.29) is 0 Å². The number of thioether (sulfide) groups is 1. The van der Waals surface area contributed by atoms with Crippen molar-refractivity contribution in [3.63, 3.8) is 0 Å². The van der Waals surface area contributed by atoms with E-state index < -0.39 is 6.10 Å². The Balaban J connectivity index is 1.55. The van der Waals surface area contributed by atoms with Gasteiger partial charge in [-0.1, -0.05) is 54.2 Å². The number of aliphatic hydroxyl groups is 1. The second-order valence-electron chi connectivity index (χ2n) is 6.03. The van der Waals surface area contributed by atoms with Crippen LogP contribution in [0.25, 0.3) is 10.9 Å². The van der Waals surface area contributed by atoms with E-state index in [9.17, 15) is 5.11 Å². The largest absolute Gasteiger partial charge is 0.388 e. The lowest BCUT2D eigenvalue weighted by Gasteiger charge is -2.12. The van der Waals surface area contributed by atoms with Crippen LogP contribution in [0.15, 0.2) is 59.8 Å². The number of fused-ring (bicyclic) bond motifs is 1. The minimum absolute atomic E-state index is 0.522. The van der Waals surface area contributed by atoms with Crippen LogP contribution in [0.4, 0.5) is 5.82 Å². The van der Waals surface area contributed by atoms with Gasteiger partial charge in [-0.3, -0.25) is 0 Å². The molecule has 1 aliphatic carbocycles. The van der Waals surface area contributed by atoms with Crippen molar-refractivity contribution in [2.24, 2.45) is 0 Å². The molecule has 5 heteroatoms. The Bertz CT molecular complexity index is 836. The standard InChI is InChI=1S/C19H19N3OS/c23-17(13-6-2-1-3-7-13)12-24-19-21-16-9-5-4-8-15(16)18(22-19)20-14-10-11-14/h1-9,14,17,23H,10-12H2,(H,20,21,22)/t17-/m0/s1. The molecule has 2 N–H and O–H groups in total. The van der Waals surface area contributed by atoms with E-state index in [4.69, 9.17) is 0 Å². The van der Waals surface area contributed by atoms with E-state index in [1.54, 1.807) is 0 Å². The third-order valence-corrected chi connectivity index (χ3v) is 4.98. The van der Waals surface area contributed by atoms with Gasteiger partial charge in [0.1, 0.15) is 5.82 Å². The molecule has 24 heavy (non-hydrogen) atoms. The molecule has 1 aromatic heterocycles. The number of nitrogens with one attached hydrogen (secondary N) is 1. The van der Waals surface area contributed by atoms with Crippen LogP contribution in [0.2, 0.25) is 0 Å². The Morgan fingerprint density at radius 1 is 1.04 bits per heavy atom. The lowest BCUT2D eigenvalue weighted by atomic mass is 10.1. The van der Waals surface area contributed by atoms with Crippen molar-refractivity contribution >= 4 is 28.5 Å². The highest BCUT2D eigenvalue weighted by atomic mass is 32.2. The molecule has 0 radical (unpaired) electrons. The average Bonchev–Trinajstić information content (AvgIpc) is 3.44. The molecule has 1 atom stereocenters. The van der Waals surface area contributed by atoms with Gasteiger partial charge in [0.05, 0.1) is 11.6 Å². The highest BCUT2D eigenvalue weighted by Gasteiger charge is 2.23. The molecule has 1 fully saturated rings. The molecule has 1 aliphatic rings. The first-order chi connectivity index (χ1) is 11.8. The fourth-order valence-electron chi connectivity index (χ4n) is 2.58. The molecule has 3 aromatic rings. The van der Waals surface area contributed by atoms with E-state index in [0.29, 0.717) is 17.0 Å². The number of hydrogen-bond donors (Lipinski definition) is 2. The zero-order valence-electron chi connectivity index (χ0n) is 13.2. The van der Waals surface area contributed by atoms with Crippen LogP contribution in [-0.4, -0.2) is 26.9 Å². The number of aromatic nitrogens is 2. The monoisotopic (exact) mass is 337 g/mol. The molecule has 0 unspecified atom stereocenters. The van der Waals surface area contributed by atoms with Gasteiger partial charge in [0, 0.05) is 17.2 Å². The maximum Gasteiger partial charge on any atom is 0.190 e. The Morgan fingerprint density at radius 3 is 2.58 bits per heavy atom. The summed E-state index contributed by atoms with van der Waals surface area (Å²) in [7, 11) is 0. The van der Waals surface area contributed by atoms with E-state index in [1.165, 1.54) is 24.6 Å². The number of aliphatic hydroxyl groups excluding tert-OH is 1. The average molecular weight is 337 g/mol. The van der Waals surface area contributed by atoms with Gasteiger partial charge < -0.3 is 10.4 Å². The quantitative estimate of drug-likeness (QED) is 0.525. The van der Waals surface area contributed by atoms with Crippen LogP contribution in [0.5, 0.6) is 0 Å². The molecule has 4 nitrogen and oxygen atoms in total. The number of para-hydroxylation sites is 1. The van der Waals surface area contributed by atoms with Gasteiger partial charge >= 0.3 is 0 Å². The maximum absolute atomic E-state index is 10.3. The lowest BCUT2D eigenvalue weighted by molar-refractivity contribution is 0.204. The summed E-state index contributed by atoms with van der Waals surface area (Å²) in [5.41, 5.74) is 1.86. The van der Waals surface area contributed by atoms with Crippen LogP contribution in [0.3, 0.4) is 0 Å². The zero-order chi connectivity index (χ0) is 16.4. The number of anilines is 1. The molecule has 0 spiro atoms. The summed E-state index contributed by atoms with van der Waals surface area (Å²) in [6.07, 6.45) is 1.88. The molecular formula is C19H19N3OS. The van der Waals surface area contributed by atoms with Crippen LogP contribution in [0, 0.1) is 0 Å². The molecule has 0 amide bonds. The zero-order valence-corrected chi connectivity index (χ0v) is 14.0. The summed E-state index contributed by atoms with van der Waals surface area (Å²) >= 11 is 1.49. The third-order valence-electron chi connectivity index (χ3n) is 4.06. The molecule has 0 aliphatic heterocycles. The van der Waals surface area contributed by atoms with E-state index in [2.05, 4.69) is 15.3 Å². The lowest BCUT2D eigenvalue weighted by Crippen LogP contribution is -2.06. The van der Waals surface area contributed by atoms with Crippen molar-refractivity contribution in [2.75, 3.05) is 11.1 Å². The van der Waals surface area contributed by atoms with E-state index in [1.807, 2.05) is 54.6 Å². The molecule has 4 rings (SSSR count). The predicted molar refractivity (Wildman–Crippen MR) is 98.3 cm³/mol. The van der Waals surface area contributed by atoms with Crippen molar-refractivity contribution in [1.29, 1.82) is 0 Å². The first kappa shape index (κ1) is 15.4. The Labute approximate surface area is 145 Å². The fourth-order valence-corrected chi connectivity index (χ4v) is 3.39. The van der Waals surface area contributed by atoms with Crippen molar-refractivity contribution in [1.82, 2.24) is 9.97 Å². The molecular weight excluding hydrogens is 318 g/mol. The number of rotatable bonds is 6. The molecule has 122 valence electrons. The summed E-state index contributed by atoms with van der Waals surface area (Å²) in [4.78, 5) is 9.31. The summed E-state index contributed by atoms with van der Waals surface area (Å²) in [6.45, 7) is 0. The van der Waals surface area contributed by atoms with Gasteiger partial charge in [-0.2, -0.15) is 0 Å². The fraction of sp³-hybridized carbons (Fsp3) is 0.263. The maximum atomic E-state index is 10.3. The van der Waals surface area contributed by atoms with Gasteiger partial charge in [-0.15, -0.1) is 0 Å². The summed E-state index contributed by atoms with van der Waals surface area (Å²) in [5.74, 6) is 1.44. The Kier molecular flexibility index (Phi) is 4.36. The van der Waals surface area contributed by atoms with Crippen molar-refractivity contribution in [3.8, 4) is 0 Å². The summed E-state index contributed by atoms with van der Waals surface area (Å²) in [5, 5.41) is 15.6. The normalized spacial score (nSPS) is 15.4. The van der Waals surface area contributed by atoms with Gasteiger partial charge in [-0.25, -0.2) is 9.97 Å². The van der Waals surface area contributed by atoms with Gasteiger partial charge in [0.15, 0.2) is 5.16 Å². The highest BCUT2D eigenvalue weighted by molar-refractivity contribution is 7.99. The SMILES string of the molecule is O[C@@H](CSc1nc(NC2CC2)c2ccccc2n1)c1ccccc1. The van der Waals surface area contributed by atoms with Gasteiger partial charge in [0.2, 0.25) is 0 Å². The number of benzene rings is 2. The Hall–Kier alpha value is -2.11. The molecule has 1 heterocycles. The summed E-state index contributed by atoms with van der Waals surface area (Å²) in [6, 6.07) is 18.3. The van der Waals surface area contributed by atoms with Crippen molar-refractivity contribution in [3.05, 3.63) is 60.2 Å². The predicted octanol–water partition coefficient (Wildman–Crippen LogP) is 4.03. The third kappa shape index (κ3) is 3.52. The topological polar surface area (TPSA) is 58.0 Å². The second kappa shape index (κ2) is 6.79. The van der Waals surface area contributed by atoms with E-state index >= 15 is 0 Å². The minimum Gasteiger partial charge on any atom is -0.388 e. The van der Waals surface area contributed by atoms with Crippen molar-refractivity contribution < 1.29 is 5.11 Å². The molecule has 2 aromatic carbocycles. The smallest absolute Gasteiger partial charge is 0.190 e. The molecule has 1 saturated carbocycles. The molecule has 0 saturated heterocycles. The first-order valence-electron chi connectivity index (χ1n) is 8.19. The van der Waals surface area contributed by atoms with Crippen LogP contribution in [-0.2, 0) is 0 Å². The van der Waals surface area contributed by atoms with Crippen molar-refractivity contribution in [2.45, 2.75) is 30.1 Å². The summed E-state index contributed by atoms with van der Waals surface area (Å²) < 4.78 is 0. The first-order valence-corrected chi connectivity index (χ1v) is 9.17. The van der Waals surface area contributed by atoms with Crippen LogP contribution in [0.1, 0.15) is 24.5 Å². The minimum atomic E-state index is -0.522. The van der Waals surface area contributed by atoms with E-state index in [0.717, 1.165) is 22.3 Å². The number of nitrogens with zero attached hydrogens (tertiary/aromatic N) is 2. The molecule has 0 bridgehead atoms. The number of hydrogen-bond acceptors (Lipinski definition) is 5. The van der Waals surface area contributed by atoms with Crippen LogP contribution >= 0.6 is 11.8 Å². The highest BCUT2D eigenvalue weighted by Crippen LogP contribution is 2.30. The second-order valence-corrected chi connectivity index (χ2v) is 7.02. The van der Waals surface area contributed by atoms with Gasteiger partial charge in [0.25, 0.3) is 0 Å². The van der Waals surface area contributed by atoms with Crippen LogP contribution < -0.4 is 5.32 Å². The Morgan fingerprint density at radius 2 is 1.79 bits per heavy atom. The van der Waals surface area contributed by atoms with Gasteiger partial charge in [-0.05, 0) is 30.5 Å².